The van der Waals surface area contributed by atoms with E-state index >= 15 is 0 Å². The molecule has 0 bridgehead atoms. The SMILES string of the molecule is O=[N+]([O-])c1ccc(Oc2ccc(C(F)(F)F)cc2Cl)cc1OC[P+](=O)O. The highest BCUT2D eigenvalue weighted by Gasteiger charge is 2.31. The molecule has 1 atom stereocenters. The fourth-order valence-electron chi connectivity index (χ4n) is 1.84. The number of halogens is 4. The van der Waals surface area contributed by atoms with E-state index in [1.165, 1.54) is 6.07 Å². The number of nitro benzene ring substituents is 1. The minimum absolute atomic E-state index is 0.0274. The van der Waals surface area contributed by atoms with Crippen LogP contribution in [0.4, 0.5) is 18.9 Å². The third kappa shape index (κ3) is 5.04. The molecule has 0 heterocycles. The van der Waals surface area contributed by atoms with Gasteiger partial charge in [0.15, 0.2) is 0 Å². The maximum Gasteiger partial charge on any atom is 0.547 e. The molecule has 0 aliphatic carbocycles. The van der Waals surface area contributed by atoms with Gasteiger partial charge < -0.3 is 9.47 Å². The zero-order valence-corrected chi connectivity index (χ0v) is 14.2. The summed E-state index contributed by atoms with van der Waals surface area (Å²) in [6.45, 7) is 0. The highest BCUT2D eigenvalue weighted by Crippen LogP contribution is 2.38. The number of ether oxygens (including phenoxy) is 2. The van der Waals surface area contributed by atoms with Crippen LogP contribution in [0.2, 0.25) is 5.02 Å². The van der Waals surface area contributed by atoms with Crippen LogP contribution in [-0.2, 0) is 10.7 Å². The molecule has 0 aromatic heterocycles. The van der Waals surface area contributed by atoms with Gasteiger partial charge in [0.2, 0.25) is 5.75 Å². The van der Waals surface area contributed by atoms with Gasteiger partial charge >= 0.3 is 26.2 Å². The van der Waals surface area contributed by atoms with Gasteiger partial charge in [0.25, 0.3) is 0 Å². The average molecular weight is 411 g/mol. The Hall–Kier alpha value is -2.42. The molecule has 12 heteroatoms. The summed E-state index contributed by atoms with van der Waals surface area (Å²) >= 11 is 5.77. The van der Waals surface area contributed by atoms with Crippen LogP contribution in [0.3, 0.4) is 0 Å². The van der Waals surface area contributed by atoms with Crippen molar-refractivity contribution < 1.29 is 37.0 Å². The second kappa shape index (κ2) is 7.86. The number of rotatable bonds is 6. The summed E-state index contributed by atoms with van der Waals surface area (Å²) in [4.78, 5) is 18.9. The van der Waals surface area contributed by atoms with Crippen molar-refractivity contribution in [3.8, 4) is 17.2 Å². The number of benzene rings is 2. The quantitative estimate of drug-likeness (QED) is 0.402. The Labute approximate surface area is 149 Å². The second-order valence-corrected chi connectivity index (χ2v) is 6.13. The number of hydrogen-bond acceptors (Lipinski definition) is 5. The lowest BCUT2D eigenvalue weighted by molar-refractivity contribution is -0.385. The first-order valence-electron chi connectivity index (χ1n) is 6.67. The zero-order chi connectivity index (χ0) is 19.5. The number of nitrogens with zero attached hydrogens (tertiary/aromatic N) is 1. The molecule has 2 rings (SSSR count). The van der Waals surface area contributed by atoms with Crippen molar-refractivity contribution in [2.45, 2.75) is 6.18 Å². The standard InChI is InChI=1S/C14H8ClF3NO6P/c15-10-5-8(14(16,17)18)1-4-12(10)25-9-2-3-11(19(20)21)13(6-9)24-7-26(22)23/h1-6H,7H2/p+1. The zero-order valence-electron chi connectivity index (χ0n) is 12.6. The summed E-state index contributed by atoms with van der Waals surface area (Å²) in [6.07, 6.45) is -5.25. The predicted molar refractivity (Wildman–Crippen MR) is 84.9 cm³/mol. The van der Waals surface area contributed by atoms with Gasteiger partial charge in [-0.05, 0) is 28.8 Å². The summed E-state index contributed by atoms with van der Waals surface area (Å²) in [5, 5.41) is 10.6. The van der Waals surface area contributed by atoms with Crippen molar-refractivity contribution in [3.63, 3.8) is 0 Å². The molecule has 1 unspecified atom stereocenters. The third-order valence-corrected chi connectivity index (χ3v) is 3.59. The van der Waals surface area contributed by atoms with Crippen LogP contribution in [0.5, 0.6) is 17.2 Å². The van der Waals surface area contributed by atoms with E-state index in [2.05, 4.69) is 0 Å². The first-order valence-corrected chi connectivity index (χ1v) is 8.45. The van der Waals surface area contributed by atoms with Gasteiger partial charge in [0, 0.05) is 12.1 Å². The fraction of sp³-hybridized carbons (Fsp3) is 0.143. The van der Waals surface area contributed by atoms with E-state index in [1.807, 2.05) is 0 Å². The number of nitro groups is 1. The molecule has 2 aromatic rings. The molecule has 0 amide bonds. The van der Waals surface area contributed by atoms with Crippen LogP contribution in [0.25, 0.3) is 0 Å². The van der Waals surface area contributed by atoms with Crippen LogP contribution >= 0.6 is 19.6 Å². The van der Waals surface area contributed by atoms with E-state index in [0.717, 1.165) is 24.3 Å². The monoisotopic (exact) mass is 410 g/mol. The van der Waals surface area contributed by atoms with Gasteiger partial charge in [-0.2, -0.15) is 18.1 Å². The Morgan fingerprint density at radius 2 is 1.88 bits per heavy atom. The molecule has 0 fully saturated rings. The Bertz CT molecular complexity index is 861. The van der Waals surface area contributed by atoms with Crippen molar-refractivity contribution >= 4 is 25.3 Å². The number of hydrogen-bond donors (Lipinski definition) is 1. The molecule has 1 N–H and O–H groups in total. The predicted octanol–water partition coefficient (Wildman–Crippen LogP) is 5.13. The molecule has 2 aromatic carbocycles. The van der Waals surface area contributed by atoms with Crippen molar-refractivity contribution in [1.29, 1.82) is 0 Å². The van der Waals surface area contributed by atoms with E-state index < -0.39 is 36.7 Å². The lowest BCUT2D eigenvalue weighted by atomic mass is 10.2. The normalized spacial score (nSPS) is 11.8. The van der Waals surface area contributed by atoms with E-state index in [0.29, 0.717) is 6.07 Å². The van der Waals surface area contributed by atoms with Crippen molar-refractivity contribution in [3.05, 3.63) is 57.1 Å². The molecule has 0 aliphatic rings. The Kier molecular flexibility index (Phi) is 6.01. The maximum absolute atomic E-state index is 12.6. The summed E-state index contributed by atoms with van der Waals surface area (Å²) < 4.78 is 58.8. The minimum atomic E-state index is -4.57. The summed E-state index contributed by atoms with van der Waals surface area (Å²) in [6, 6.07) is 5.70. The molecule has 138 valence electrons. The lowest BCUT2D eigenvalue weighted by Crippen LogP contribution is -2.04. The largest absolute Gasteiger partial charge is 0.547 e. The average Bonchev–Trinajstić information content (AvgIpc) is 2.53. The lowest BCUT2D eigenvalue weighted by Gasteiger charge is -2.11. The van der Waals surface area contributed by atoms with E-state index in [-0.39, 0.29) is 22.3 Å². The second-order valence-electron chi connectivity index (χ2n) is 4.76. The molecule has 0 radical (unpaired) electrons. The van der Waals surface area contributed by atoms with E-state index in [9.17, 15) is 27.9 Å². The smallest absolute Gasteiger partial charge is 0.456 e. The molecular formula is C14H9ClF3NO6P+. The molecule has 0 aliphatic heterocycles. The summed E-state index contributed by atoms with van der Waals surface area (Å²) in [5.41, 5.74) is -1.44. The fourth-order valence-corrected chi connectivity index (χ4v) is 2.30. The molecule has 0 saturated heterocycles. The van der Waals surface area contributed by atoms with Gasteiger partial charge in [0.1, 0.15) is 11.5 Å². The first-order chi connectivity index (χ1) is 12.1. The van der Waals surface area contributed by atoms with E-state index in [1.54, 1.807) is 0 Å². The molecule has 0 saturated carbocycles. The molecular weight excluding hydrogens is 402 g/mol. The van der Waals surface area contributed by atoms with Gasteiger partial charge in [-0.15, -0.1) is 0 Å². The van der Waals surface area contributed by atoms with Crippen molar-refractivity contribution in [2.75, 3.05) is 6.35 Å². The topological polar surface area (TPSA) is 98.9 Å². The van der Waals surface area contributed by atoms with Gasteiger partial charge in [-0.3, -0.25) is 10.1 Å². The highest BCUT2D eigenvalue weighted by molar-refractivity contribution is 7.37. The minimum Gasteiger partial charge on any atom is -0.456 e. The van der Waals surface area contributed by atoms with Crippen molar-refractivity contribution in [1.82, 2.24) is 0 Å². The van der Waals surface area contributed by atoms with Gasteiger partial charge in [-0.25, -0.2) is 0 Å². The van der Waals surface area contributed by atoms with Crippen molar-refractivity contribution in [2.24, 2.45) is 0 Å². The van der Waals surface area contributed by atoms with Crippen LogP contribution in [0.1, 0.15) is 5.56 Å². The van der Waals surface area contributed by atoms with Crippen LogP contribution in [-0.4, -0.2) is 16.2 Å². The molecule has 26 heavy (non-hydrogen) atoms. The maximum atomic E-state index is 12.6. The van der Waals surface area contributed by atoms with Crippen LogP contribution < -0.4 is 9.47 Å². The van der Waals surface area contributed by atoms with Crippen LogP contribution in [0.15, 0.2) is 36.4 Å². The molecule has 0 spiro atoms. The Morgan fingerprint density at radius 3 is 2.42 bits per heavy atom. The van der Waals surface area contributed by atoms with Gasteiger partial charge in [-0.1, -0.05) is 11.6 Å². The van der Waals surface area contributed by atoms with E-state index in [4.69, 9.17) is 26.0 Å². The highest BCUT2D eigenvalue weighted by atomic mass is 35.5. The summed E-state index contributed by atoms with van der Waals surface area (Å²) in [7, 11) is -2.70. The Balaban J connectivity index is 2.30. The number of alkyl halides is 3. The molecule has 7 nitrogen and oxygen atoms in total. The third-order valence-electron chi connectivity index (χ3n) is 2.95. The van der Waals surface area contributed by atoms with Gasteiger partial charge in [0.05, 0.1) is 15.5 Å². The summed E-state index contributed by atoms with van der Waals surface area (Å²) in [5.74, 6) is -0.485. The van der Waals surface area contributed by atoms with Crippen LogP contribution in [0, 0.1) is 10.1 Å². The Morgan fingerprint density at radius 1 is 1.19 bits per heavy atom. The first kappa shape index (κ1) is 19.9.